The van der Waals surface area contributed by atoms with Gasteiger partial charge in [0.15, 0.2) is 0 Å². The lowest BCUT2D eigenvalue weighted by Crippen LogP contribution is -1.73. The van der Waals surface area contributed by atoms with Crippen LogP contribution in [0.25, 0.3) is 0 Å². The van der Waals surface area contributed by atoms with Gasteiger partial charge in [0.2, 0.25) is 0 Å². The minimum atomic E-state index is -0.290. The lowest BCUT2D eigenvalue weighted by Gasteiger charge is -1.82. The standard InChI is InChI=1S/C5H8FN/c6-4-2-1-3-5-7/h1-4H2. The van der Waals surface area contributed by atoms with E-state index in [4.69, 9.17) is 5.26 Å². The van der Waals surface area contributed by atoms with E-state index in [0.717, 1.165) is 0 Å². The molecule has 0 saturated heterocycles. The van der Waals surface area contributed by atoms with Crippen LogP contribution >= 0.6 is 0 Å². The van der Waals surface area contributed by atoms with E-state index in [1.54, 1.807) is 0 Å². The second-order valence-electron chi connectivity index (χ2n) is 1.30. The lowest BCUT2D eigenvalue weighted by molar-refractivity contribution is 0.464. The van der Waals surface area contributed by atoms with Crippen LogP contribution in [0.15, 0.2) is 0 Å². The molecule has 0 aliphatic heterocycles. The molecule has 0 atom stereocenters. The molecule has 0 aromatic heterocycles. The van der Waals surface area contributed by atoms with Crippen molar-refractivity contribution < 1.29 is 4.39 Å². The van der Waals surface area contributed by atoms with E-state index in [0.29, 0.717) is 19.3 Å². The quantitative estimate of drug-likeness (QED) is 0.496. The Labute approximate surface area is 42.8 Å². The third kappa shape index (κ3) is 5.42. The molecular weight excluding hydrogens is 93.1 g/mol. The number of rotatable bonds is 3. The SMILES string of the molecule is N#CCCCCF. The Morgan fingerprint density at radius 1 is 1.43 bits per heavy atom. The van der Waals surface area contributed by atoms with E-state index in [1.165, 1.54) is 0 Å². The Kier molecular flexibility index (Phi) is 4.97. The minimum absolute atomic E-state index is 0.290. The summed E-state index contributed by atoms with van der Waals surface area (Å²) in [7, 11) is 0. The number of halogens is 1. The Balaban J connectivity index is 2.60. The molecule has 0 aromatic carbocycles. The average molecular weight is 101 g/mol. The number of alkyl halides is 1. The zero-order valence-electron chi connectivity index (χ0n) is 4.15. The molecule has 0 amide bonds. The van der Waals surface area contributed by atoms with Crippen LogP contribution in [0.4, 0.5) is 4.39 Å². The average Bonchev–Trinajstić information content (AvgIpc) is 1.69. The van der Waals surface area contributed by atoms with Crippen molar-refractivity contribution in [1.29, 1.82) is 5.26 Å². The molecule has 0 heterocycles. The summed E-state index contributed by atoms with van der Waals surface area (Å²) in [5, 5.41) is 7.92. The second kappa shape index (κ2) is 5.42. The largest absolute Gasteiger partial charge is 0.251 e. The highest BCUT2D eigenvalue weighted by Gasteiger charge is 1.81. The Morgan fingerprint density at radius 3 is 2.57 bits per heavy atom. The molecule has 1 nitrogen and oxygen atoms in total. The molecule has 0 spiro atoms. The Morgan fingerprint density at radius 2 is 2.14 bits per heavy atom. The molecule has 0 aromatic rings. The van der Waals surface area contributed by atoms with E-state index in [-0.39, 0.29) is 6.67 Å². The van der Waals surface area contributed by atoms with Crippen molar-refractivity contribution in [3.63, 3.8) is 0 Å². The first kappa shape index (κ1) is 6.42. The molecule has 0 aliphatic rings. The summed E-state index contributed by atoms with van der Waals surface area (Å²) < 4.78 is 11.2. The summed E-state index contributed by atoms with van der Waals surface area (Å²) in [4.78, 5) is 0. The van der Waals surface area contributed by atoms with Crippen molar-refractivity contribution in [3.8, 4) is 6.07 Å². The van der Waals surface area contributed by atoms with E-state index < -0.39 is 0 Å². The van der Waals surface area contributed by atoms with Gasteiger partial charge in [0, 0.05) is 6.42 Å². The number of nitrogens with zero attached hydrogens (tertiary/aromatic N) is 1. The molecule has 0 unspecified atom stereocenters. The number of nitriles is 1. The van der Waals surface area contributed by atoms with Gasteiger partial charge in [0.1, 0.15) is 0 Å². The smallest absolute Gasteiger partial charge is 0.0894 e. The van der Waals surface area contributed by atoms with E-state index >= 15 is 0 Å². The molecule has 0 fully saturated rings. The predicted molar refractivity (Wildman–Crippen MR) is 25.4 cm³/mol. The molecule has 40 valence electrons. The maximum Gasteiger partial charge on any atom is 0.0894 e. The van der Waals surface area contributed by atoms with Gasteiger partial charge in [-0.1, -0.05) is 0 Å². The topological polar surface area (TPSA) is 23.8 Å². The van der Waals surface area contributed by atoms with Gasteiger partial charge in [0.25, 0.3) is 0 Å². The molecule has 0 bridgehead atoms. The number of hydrogen-bond donors (Lipinski definition) is 0. The fraction of sp³-hybridized carbons (Fsp3) is 0.800. The molecule has 7 heavy (non-hydrogen) atoms. The third-order valence-corrected chi connectivity index (χ3v) is 0.672. The van der Waals surface area contributed by atoms with Crippen LogP contribution in [0.3, 0.4) is 0 Å². The van der Waals surface area contributed by atoms with Crippen LogP contribution < -0.4 is 0 Å². The van der Waals surface area contributed by atoms with E-state index in [2.05, 4.69) is 0 Å². The van der Waals surface area contributed by atoms with Crippen LogP contribution in [0.2, 0.25) is 0 Å². The monoisotopic (exact) mass is 101 g/mol. The normalized spacial score (nSPS) is 8.00. The highest BCUT2D eigenvalue weighted by atomic mass is 19.1. The van der Waals surface area contributed by atoms with E-state index in [1.807, 2.05) is 6.07 Å². The number of unbranched alkanes of at least 4 members (excludes halogenated alkanes) is 2. The fourth-order valence-corrected chi connectivity index (χ4v) is 0.299. The van der Waals surface area contributed by atoms with Gasteiger partial charge >= 0.3 is 0 Å². The summed E-state index contributed by atoms with van der Waals surface area (Å²) in [6, 6.07) is 1.94. The van der Waals surface area contributed by atoms with Gasteiger partial charge in [-0.3, -0.25) is 4.39 Å². The lowest BCUT2D eigenvalue weighted by atomic mass is 10.3. The first-order chi connectivity index (χ1) is 3.41. The maximum absolute atomic E-state index is 11.2. The molecule has 0 N–H and O–H groups in total. The summed E-state index contributed by atoms with van der Waals surface area (Å²) in [5.41, 5.74) is 0. The summed E-state index contributed by atoms with van der Waals surface area (Å²) >= 11 is 0. The maximum atomic E-state index is 11.2. The Bertz CT molecular complexity index is 65.0. The van der Waals surface area contributed by atoms with Crippen LogP contribution in [-0.2, 0) is 0 Å². The first-order valence-electron chi connectivity index (χ1n) is 2.34. The zero-order valence-corrected chi connectivity index (χ0v) is 4.15. The van der Waals surface area contributed by atoms with Crippen LogP contribution in [0.5, 0.6) is 0 Å². The zero-order chi connectivity index (χ0) is 5.54. The molecule has 2 heteroatoms. The molecule has 0 radical (unpaired) electrons. The van der Waals surface area contributed by atoms with Gasteiger partial charge in [0.05, 0.1) is 12.7 Å². The highest BCUT2D eigenvalue weighted by molar-refractivity contribution is 4.67. The van der Waals surface area contributed by atoms with Crippen molar-refractivity contribution in [2.45, 2.75) is 19.3 Å². The summed E-state index contributed by atoms with van der Waals surface area (Å²) in [6.07, 6.45) is 1.73. The highest BCUT2D eigenvalue weighted by Crippen LogP contribution is 1.92. The molecule has 0 rings (SSSR count). The minimum Gasteiger partial charge on any atom is -0.251 e. The molecular formula is C5H8FN. The fourth-order valence-electron chi connectivity index (χ4n) is 0.299. The van der Waals surface area contributed by atoms with Crippen molar-refractivity contribution >= 4 is 0 Å². The molecule has 0 aliphatic carbocycles. The van der Waals surface area contributed by atoms with Crippen molar-refractivity contribution in [2.75, 3.05) is 6.67 Å². The van der Waals surface area contributed by atoms with Gasteiger partial charge in [-0.15, -0.1) is 0 Å². The van der Waals surface area contributed by atoms with Crippen LogP contribution in [0.1, 0.15) is 19.3 Å². The van der Waals surface area contributed by atoms with Gasteiger partial charge in [-0.05, 0) is 12.8 Å². The van der Waals surface area contributed by atoms with Crippen LogP contribution in [0, 0.1) is 11.3 Å². The summed E-state index contributed by atoms with van der Waals surface area (Å²) in [5.74, 6) is 0. The van der Waals surface area contributed by atoms with Crippen LogP contribution in [-0.4, -0.2) is 6.67 Å². The third-order valence-electron chi connectivity index (χ3n) is 0.672. The Hall–Kier alpha value is -0.580. The molecule has 0 saturated carbocycles. The second-order valence-corrected chi connectivity index (χ2v) is 1.30. The predicted octanol–water partition coefficient (Wildman–Crippen LogP) is 1.65. The first-order valence-corrected chi connectivity index (χ1v) is 2.34. The van der Waals surface area contributed by atoms with Gasteiger partial charge < -0.3 is 0 Å². The number of hydrogen-bond acceptors (Lipinski definition) is 1. The summed E-state index contributed by atoms with van der Waals surface area (Å²) in [6.45, 7) is -0.290. The van der Waals surface area contributed by atoms with Crippen molar-refractivity contribution in [3.05, 3.63) is 0 Å². The van der Waals surface area contributed by atoms with Crippen molar-refractivity contribution in [2.24, 2.45) is 0 Å². The van der Waals surface area contributed by atoms with Crippen molar-refractivity contribution in [1.82, 2.24) is 0 Å². The van der Waals surface area contributed by atoms with E-state index in [9.17, 15) is 4.39 Å². The van der Waals surface area contributed by atoms with Gasteiger partial charge in [-0.2, -0.15) is 5.26 Å². The van der Waals surface area contributed by atoms with Gasteiger partial charge in [-0.25, -0.2) is 0 Å².